The molecule has 0 rings (SSSR count). The Balaban J connectivity index is -0.00000000500. The van der Waals surface area contributed by atoms with Gasteiger partial charge in [-0.05, 0) is 0 Å². The van der Waals surface area contributed by atoms with Gasteiger partial charge < -0.3 is 0 Å². The third-order valence-corrected chi connectivity index (χ3v) is 0. The van der Waals surface area contributed by atoms with Crippen LogP contribution in [0.2, 0.25) is 0 Å². The largest absolute Gasteiger partial charge is 0 e. The summed E-state index contributed by atoms with van der Waals surface area (Å²) in [7, 11) is 0. The van der Waals surface area contributed by atoms with Gasteiger partial charge in [0.05, 0.1) is 0 Å². The summed E-state index contributed by atoms with van der Waals surface area (Å²) in [5.74, 6) is 0. The third-order valence-electron chi connectivity index (χ3n) is 0. The second kappa shape index (κ2) is 23.1. The van der Waals surface area contributed by atoms with Gasteiger partial charge >= 0.3 is 23.2 Å². The first kappa shape index (κ1) is 17.5. The molecule has 1 nitrogen and oxygen atoms in total. The van der Waals surface area contributed by atoms with E-state index in [4.69, 9.17) is 3.40 Å². The summed E-state index contributed by atoms with van der Waals surface area (Å²) in [4.78, 5) is 0. The molecule has 27 valence electrons. The molecule has 0 atom stereocenters. The number of hydrogen-bond acceptors (Lipinski definition) is 1. The van der Waals surface area contributed by atoms with E-state index in [1.54, 1.807) is 0 Å². The minimum absolute atomic E-state index is 0. The van der Waals surface area contributed by atoms with Crippen LogP contribution in [-0.4, -0.2) is 0 Å². The molecule has 0 unspecified atom stereocenters. The molecular formula is CoOPtZn. The summed E-state index contributed by atoms with van der Waals surface area (Å²) in [6.45, 7) is 0. The summed E-state index contributed by atoms with van der Waals surface area (Å²) in [5, 5.41) is 0. The first-order valence-corrected chi connectivity index (χ1v) is 1.06. The molecule has 0 aromatic heterocycles. The van der Waals surface area contributed by atoms with Gasteiger partial charge in [-0.25, -0.2) is 0 Å². The number of hydrogen-bond donors (Lipinski definition) is 0. The van der Waals surface area contributed by atoms with Crippen LogP contribution in [-0.2, 0) is 59.4 Å². The molecule has 0 aliphatic rings. The van der Waals surface area contributed by atoms with Crippen molar-refractivity contribution in [2.75, 3.05) is 0 Å². The van der Waals surface area contributed by atoms with E-state index in [0.717, 1.165) is 19.8 Å². The van der Waals surface area contributed by atoms with Crippen LogP contribution in [0.3, 0.4) is 0 Å². The molecule has 0 heterocycles. The maximum atomic E-state index is 8.22. The van der Waals surface area contributed by atoms with E-state index in [0.29, 0.717) is 0 Å². The third kappa shape index (κ3) is 9.47. The average Bonchev–Trinajstić information content (AvgIpc) is 1.00. The van der Waals surface area contributed by atoms with Crippen molar-refractivity contribution < 1.29 is 59.4 Å². The molecule has 0 amide bonds. The van der Waals surface area contributed by atoms with Crippen molar-refractivity contribution in [3.63, 3.8) is 0 Å². The molecule has 0 N–H and O–H groups in total. The summed E-state index contributed by atoms with van der Waals surface area (Å²) < 4.78 is 8.22. The van der Waals surface area contributed by atoms with Crippen LogP contribution in [0.5, 0.6) is 0 Å². The minimum atomic E-state index is 0. The monoisotopic (exact) mass is 334 g/mol. The molecule has 0 aromatic carbocycles. The van der Waals surface area contributed by atoms with E-state index < -0.39 is 0 Å². The zero-order valence-corrected chi connectivity index (χ0v) is 8.05. The van der Waals surface area contributed by atoms with Gasteiger partial charge in [0.1, 0.15) is 0 Å². The van der Waals surface area contributed by atoms with E-state index in [1.807, 2.05) is 0 Å². The predicted octanol–water partition coefficient (Wildman–Crippen LogP) is -0.126. The first-order chi connectivity index (χ1) is 1.00. The molecule has 0 saturated carbocycles. The maximum absolute atomic E-state index is 8.22. The van der Waals surface area contributed by atoms with Gasteiger partial charge in [-0.3, -0.25) is 0 Å². The fourth-order valence-electron chi connectivity index (χ4n) is 0. The Bertz CT molecular complexity index is 8.00. The van der Waals surface area contributed by atoms with E-state index in [-0.39, 0.29) is 36.3 Å². The molecule has 0 spiro atoms. The average molecular weight is 335 g/mol. The summed E-state index contributed by atoms with van der Waals surface area (Å²) in [5.41, 5.74) is 0. The molecule has 0 bridgehead atoms. The van der Waals surface area contributed by atoms with Crippen molar-refractivity contribution in [3.8, 4) is 0 Å². The molecular weight excluding hydrogens is 335 g/mol. The summed E-state index contributed by atoms with van der Waals surface area (Å²) in [6.07, 6.45) is 0. The molecule has 0 aromatic rings. The Morgan fingerprint density at radius 1 is 1.25 bits per heavy atom. The van der Waals surface area contributed by atoms with Crippen molar-refractivity contribution in [1.29, 1.82) is 0 Å². The zero-order valence-electron chi connectivity index (χ0n) is 1.76. The standard InChI is InChI=1S/Co.O.Pt.Zn. The van der Waals surface area contributed by atoms with Gasteiger partial charge in [0, 0.05) is 36.3 Å². The summed E-state index contributed by atoms with van der Waals surface area (Å²) in [6, 6.07) is 0. The molecule has 4 heavy (non-hydrogen) atoms. The van der Waals surface area contributed by atoms with E-state index in [9.17, 15) is 0 Å². The smallest absolute Gasteiger partial charge is 0 e. The van der Waals surface area contributed by atoms with Crippen LogP contribution >= 0.6 is 0 Å². The van der Waals surface area contributed by atoms with Gasteiger partial charge in [-0.2, -0.15) is 0 Å². The van der Waals surface area contributed by atoms with E-state index in [1.165, 1.54) is 0 Å². The van der Waals surface area contributed by atoms with Crippen molar-refractivity contribution in [1.82, 2.24) is 0 Å². The molecule has 0 fully saturated rings. The van der Waals surface area contributed by atoms with Crippen LogP contribution in [0, 0.1) is 0 Å². The van der Waals surface area contributed by atoms with Crippen molar-refractivity contribution in [2.24, 2.45) is 0 Å². The molecule has 0 saturated heterocycles. The van der Waals surface area contributed by atoms with Crippen LogP contribution in [0.1, 0.15) is 0 Å². The Kier molecular flexibility index (Phi) is 101. The quantitative estimate of drug-likeness (QED) is 0.564. The fourth-order valence-corrected chi connectivity index (χ4v) is 0. The number of rotatable bonds is 0. The van der Waals surface area contributed by atoms with Gasteiger partial charge in [0.15, 0.2) is 0 Å². The van der Waals surface area contributed by atoms with Gasteiger partial charge in [0.25, 0.3) is 0 Å². The Morgan fingerprint density at radius 2 is 1.25 bits per heavy atom. The van der Waals surface area contributed by atoms with E-state index in [2.05, 4.69) is 0 Å². The Labute approximate surface area is 59.1 Å². The Hall–Kier alpha value is 1.62. The Morgan fingerprint density at radius 3 is 1.25 bits per heavy atom. The topological polar surface area (TPSA) is 17.1 Å². The van der Waals surface area contributed by atoms with Crippen LogP contribution in [0.15, 0.2) is 0 Å². The molecule has 0 aliphatic carbocycles. The second-order valence-corrected chi connectivity index (χ2v) is 0. The van der Waals surface area contributed by atoms with E-state index >= 15 is 0 Å². The van der Waals surface area contributed by atoms with Crippen LogP contribution in [0.4, 0.5) is 0 Å². The first-order valence-electron chi connectivity index (χ1n) is 0.129. The van der Waals surface area contributed by atoms with Crippen molar-refractivity contribution in [3.05, 3.63) is 0 Å². The molecule has 0 aliphatic heterocycles. The normalized spacial score (nSPS) is 1.50. The van der Waals surface area contributed by atoms with Crippen molar-refractivity contribution >= 4 is 0 Å². The fraction of sp³-hybridized carbons (Fsp3) is 0. The predicted molar refractivity (Wildman–Crippen MR) is 0.686 cm³/mol. The SMILES string of the molecule is [Co].[O]=[Pt].[Zn]. The van der Waals surface area contributed by atoms with Gasteiger partial charge in [-0.1, -0.05) is 0 Å². The van der Waals surface area contributed by atoms with Gasteiger partial charge in [0.2, 0.25) is 0 Å². The van der Waals surface area contributed by atoms with Crippen molar-refractivity contribution in [2.45, 2.75) is 0 Å². The molecule has 1 radical (unpaired) electrons. The zero-order chi connectivity index (χ0) is 2.00. The summed E-state index contributed by atoms with van der Waals surface area (Å²) >= 11 is 0.889. The van der Waals surface area contributed by atoms with Crippen LogP contribution in [0.25, 0.3) is 0 Å². The maximum Gasteiger partial charge on any atom is 0 e. The second-order valence-electron chi connectivity index (χ2n) is 0. The molecule has 4 heteroatoms. The minimum Gasteiger partial charge on any atom is 0 e. The van der Waals surface area contributed by atoms with Gasteiger partial charge in [-0.15, -0.1) is 0 Å². The van der Waals surface area contributed by atoms with Crippen LogP contribution < -0.4 is 0 Å².